The van der Waals surface area contributed by atoms with Gasteiger partial charge in [-0.15, -0.1) is 0 Å². The predicted molar refractivity (Wildman–Crippen MR) is 63.4 cm³/mol. The number of rotatable bonds is 6. The molecule has 0 saturated carbocycles. The Hall–Kier alpha value is -0.700. The van der Waals surface area contributed by atoms with Crippen molar-refractivity contribution in [2.45, 2.75) is 18.9 Å². The van der Waals surface area contributed by atoms with Gasteiger partial charge in [0.15, 0.2) is 6.04 Å². The van der Waals surface area contributed by atoms with Crippen LogP contribution in [-0.4, -0.2) is 68.5 Å². The molecule has 0 amide bonds. The van der Waals surface area contributed by atoms with Gasteiger partial charge in [-0.1, -0.05) is 0 Å². The highest BCUT2D eigenvalue weighted by atomic mass is 32.2. The molecule has 3 N–H and O–H groups in total. The molecule has 0 aliphatic rings. The predicted octanol–water partition coefficient (Wildman–Crippen LogP) is -0.954. The molecule has 0 aliphatic carbocycles. The maximum Gasteiger partial charge on any atom is 0.362 e. The lowest BCUT2D eigenvalue weighted by atomic mass is 10.1. The van der Waals surface area contributed by atoms with Gasteiger partial charge in [0.05, 0.1) is 31.3 Å². The molecule has 0 aromatic rings. The van der Waals surface area contributed by atoms with Crippen LogP contribution in [0.25, 0.3) is 0 Å². The van der Waals surface area contributed by atoms with E-state index in [0.717, 1.165) is 0 Å². The standard InChI is InChI=1S/C8H17NO5S.CH5N/c1-9(2,3)7(8(10)11)5-4-6-15(12,13)14;1-2/h7H,4-6H2,1-3H3,(H-,10,11,12,13,14);2H2,1H3. The lowest BCUT2D eigenvalue weighted by molar-refractivity contribution is -0.887. The molecule has 8 heteroatoms. The first-order valence-corrected chi connectivity index (χ1v) is 6.67. The molecule has 104 valence electrons. The Morgan fingerprint density at radius 1 is 1.35 bits per heavy atom. The normalized spacial score (nSPS) is 13.5. The number of hydrogen-bond donors (Lipinski definition) is 2. The van der Waals surface area contributed by atoms with Crippen LogP contribution in [0.4, 0.5) is 0 Å². The zero-order valence-corrected chi connectivity index (χ0v) is 11.5. The van der Waals surface area contributed by atoms with E-state index in [0.29, 0.717) is 0 Å². The van der Waals surface area contributed by atoms with Crippen molar-refractivity contribution in [3.63, 3.8) is 0 Å². The fourth-order valence-electron chi connectivity index (χ4n) is 1.30. The van der Waals surface area contributed by atoms with Crippen LogP contribution in [0, 0.1) is 0 Å². The number of aliphatic carboxylic acids is 1. The van der Waals surface area contributed by atoms with Gasteiger partial charge in [0, 0.05) is 12.2 Å². The third-order valence-electron chi connectivity index (χ3n) is 2.09. The van der Waals surface area contributed by atoms with Crippen molar-refractivity contribution in [3.05, 3.63) is 0 Å². The number of carbonyl (C=O) groups is 1. The number of likely N-dealkylation sites (N-methyl/N-ethyl adjacent to an activating group) is 1. The van der Waals surface area contributed by atoms with Gasteiger partial charge in [0.25, 0.3) is 0 Å². The van der Waals surface area contributed by atoms with Crippen LogP contribution in [0.2, 0.25) is 0 Å². The van der Waals surface area contributed by atoms with E-state index in [1.807, 2.05) is 0 Å². The molecular weight excluding hydrogens is 248 g/mol. The van der Waals surface area contributed by atoms with E-state index in [9.17, 15) is 17.8 Å². The maximum absolute atomic E-state index is 10.9. The Balaban J connectivity index is 0. The highest BCUT2D eigenvalue weighted by Gasteiger charge is 2.30. The van der Waals surface area contributed by atoms with Crippen LogP contribution < -0.4 is 5.73 Å². The molecule has 0 aliphatic heterocycles. The molecule has 0 saturated heterocycles. The Morgan fingerprint density at radius 2 is 1.76 bits per heavy atom. The monoisotopic (exact) mass is 270 g/mol. The van der Waals surface area contributed by atoms with E-state index in [2.05, 4.69) is 5.73 Å². The summed E-state index contributed by atoms with van der Waals surface area (Å²) in [5, 5.41) is 8.90. The number of carboxylic acids is 1. The fraction of sp³-hybridized carbons (Fsp3) is 0.889. The third-order valence-corrected chi connectivity index (χ3v) is 2.88. The van der Waals surface area contributed by atoms with Gasteiger partial charge in [0.2, 0.25) is 0 Å². The summed E-state index contributed by atoms with van der Waals surface area (Å²) in [5.74, 6) is -1.48. The summed E-state index contributed by atoms with van der Waals surface area (Å²) in [6, 6.07) is -0.688. The average Bonchev–Trinajstić information content (AvgIpc) is 2.11. The minimum Gasteiger partial charge on any atom is -0.748 e. The zero-order valence-electron chi connectivity index (χ0n) is 10.7. The maximum atomic E-state index is 10.9. The van der Waals surface area contributed by atoms with Crippen LogP contribution in [0.15, 0.2) is 0 Å². The quantitative estimate of drug-likeness (QED) is 0.474. The van der Waals surface area contributed by atoms with Gasteiger partial charge in [-0.2, -0.15) is 0 Å². The average molecular weight is 270 g/mol. The molecule has 0 fully saturated rings. The molecule has 1 atom stereocenters. The molecule has 0 spiro atoms. The first-order chi connectivity index (χ1) is 7.54. The van der Waals surface area contributed by atoms with E-state index < -0.39 is 27.9 Å². The molecule has 17 heavy (non-hydrogen) atoms. The summed E-state index contributed by atoms with van der Waals surface area (Å²) in [6.07, 6.45) is 0.263. The lowest BCUT2D eigenvalue weighted by Crippen LogP contribution is -2.49. The Labute approximate surface area is 103 Å². The van der Waals surface area contributed by atoms with Gasteiger partial charge in [0.1, 0.15) is 0 Å². The number of quaternary nitrogens is 1. The summed E-state index contributed by atoms with van der Waals surface area (Å²) < 4.78 is 31.2. The van der Waals surface area contributed by atoms with Gasteiger partial charge in [-0.05, 0) is 13.5 Å². The van der Waals surface area contributed by atoms with Gasteiger partial charge >= 0.3 is 5.97 Å². The molecule has 0 aromatic heterocycles. The second-order valence-electron chi connectivity index (χ2n) is 4.37. The minimum absolute atomic E-state index is 0.0817. The van der Waals surface area contributed by atoms with Gasteiger partial charge in [-0.3, -0.25) is 0 Å². The highest BCUT2D eigenvalue weighted by molar-refractivity contribution is 7.85. The summed E-state index contributed by atoms with van der Waals surface area (Å²) in [5.41, 5.74) is 4.50. The highest BCUT2D eigenvalue weighted by Crippen LogP contribution is 2.11. The second kappa shape index (κ2) is 7.59. The van der Waals surface area contributed by atoms with Crippen molar-refractivity contribution in [1.82, 2.24) is 0 Å². The molecular formula is C9H22N2O5S. The molecule has 0 radical (unpaired) electrons. The van der Waals surface area contributed by atoms with E-state index in [4.69, 9.17) is 5.11 Å². The van der Waals surface area contributed by atoms with Crippen molar-refractivity contribution >= 4 is 16.1 Å². The molecule has 0 bridgehead atoms. The number of nitrogens with two attached hydrogens (primary N) is 1. The minimum atomic E-state index is -4.24. The SMILES string of the molecule is CN.C[N+](C)(C)C(CCCS(=O)(=O)[O-])C(=O)O. The molecule has 0 heterocycles. The van der Waals surface area contributed by atoms with Crippen molar-refractivity contribution in [1.29, 1.82) is 0 Å². The smallest absolute Gasteiger partial charge is 0.362 e. The summed E-state index contributed by atoms with van der Waals surface area (Å²) in [6.45, 7) is 0. The van der Waals surface area contributed by atoms with Crippen molar-refractivity contribution < 1.29 is 27.4 Å². The summed E-state index contributed by atoms with van der Waals surface area (Å²) in [7, 11) is 2.40. The summed E-state index contributed by atoms with van der Waals surface area (Å²) >= 11 is 0. The van der Waals surface area contributed by atoms with Crippen LogP contribution in [0.5, 0.6) is 0 Å². The van der Waals surface area contributed by atoms with Gasteiger partial charge in [-0.25, -0.2) is 13.2 Å². The van der Waals surface area contributed by atoms with E-state index in [-0.39, 0.29) is 17.3 Å². The van der Waals surface area contributed by atoms with Crippen LogP contribution in [0.1, 0.15) is 12.8 Å². The van der Waals surface area contributed by atoms with Crippen molar-refractivity contribution in [3.8, 4) is 0 Å². The van der Waals surface area contributed by atoms with Crippen molar-refractivity contribution in [2.75, 3.05) is 33.9 Å². The van der Waals surface area contributed by atoms with E-state index in [1.54, 1.807) is 21.1 Å². The fourth-order valence-corrected chi connectivity index (χ4v) is 1.82. The number of nitrogens with zero attached hydrogens (tertiary/aromatic N) is 1. The molecule has 0 rings (SSSR count). The number of carboxylic acid groups (broad SMARTS) is 1. The largest absolute Gasteiger partial charge is 0.748 e. The number of hydrogen-bond acceptors (Lipinski definition) is 5. The van der Waals surface area contributed by atoms with Crippen LogP contribution in [-0.2, 0) is 14.9 Å². The lowest BCUT2D eigenvalue weighted by Gasteiger charge is -2.31. The van der Waals surface area contributed by atoms with Gasteiger partial charge < -0.3 is 19.9 Å². The van der Waals surface area contributed by atoms with Crippen LogP contribution in [0.3, 0.4) is 0 Å². The Bertz CT molecular complexity index is 321. The first kappa shape index (κ1) is 18.7. The molecule has 7 nitrogen and oxygen atoms in total. The zero-order chi connectivity index (χ0) is 14.3. The third kappa shape index (κ3) is 10.2. The van der Waals surface area contributed by atoms with Crippen molar-refractivity contribution in [2.24, 2.45) is 5.73 Å². The van der Waals surface area contributed by atoms with Crippen LogP contribution >= 0.6 is 0 Å². The first-order valence-electron chi connectivity index (χ1n) is 5.09. The second-order valence-corrected chi connectivity index (χ2v) is 5.90. The molecule has 0 aromatic carbocycles. The Kier molecular flexibility index (Phi) is 8.33. The van der Waals surface area contributed by atoms with E-state index in [1.165, 1.54) is 7.05 Å². The summed E-state index contributed by atoms with van der Waals surface area (Å²) in [4.78, 5) is 10.9. The van der Waals surface area contributed by atoms with E-state index >= 15 is 0 Å². The molecule has 1 unspecified atom stereocenters. The topological polar surface area (TPSA) is 121 Å². The Morgan fingerprint density at radius 3 is 2.00 bits per heavy atom.